The van der Waals surface area contributed by atoms with Crippen molar-refractivity contribution < 1.29 is 9.90 Å². The highest BCUT2D eigenvalue weighted by atomic mass is 16.4. The Morgan fingerprint density at radius 1 is 1.29 bits per heavy atom. The first-order valence-corrected chi connectivity index (χ1v) is 7.17. The van der Waals surface area contributed by atoms with Gasteiger partial charge in [-0.2, -0.15) is 0 Å². The van der Waals surface area contributed by atoms with Crippen LogP contribution in [-0.4, -0.2) is 34.6 Å². The predicted molar refractivity (Wildman–Crippen MR) is 68.0 cm³/mol. The summed E-state index contributed by atoms with van der Waals surface area (Å²) in [5.41, 5.74) is -0.544. The Balaban J connectivity index is 2.00. The van der Waals surface area contributed by atoms with Gasteiger partial charge in [-0.05, 0) is 44.6 Å². The number of likely N-dealkylation sites (tertiary alicyclic amines) is 1. The second-order valence-electron chi connectivity index (χ2n) is 5.74. The summed E-state index contributed by atoms with van der Waals surface area (Å²) in [6, 6.07) is 0. The van der Waals surface area contributed by atoms with Crippen LogP contribution in [0.2, 0.25) is 0 Å². The van der Waals surface area contributed by atoms with Crippen LogP contribution in [0.15, 0.2) is 0 Å². The number of rotatable bonds is 4. The molecule has 1 atom stereocenters. The molecular weight excluding hydrogens is 214 g/mol. The first-order valence-electron chi connectivity index (χ1n) is 7.17. The Kier molecular flexibility index (Phi) is 4.08. The van der Waals surface area contributed by atoms with Gasteiger partial charge in [0.05, 0.1) is 0 Å². The van der Waals surface area contributed by atoms with E-state index in [2.05, 4.69) is 4.90 Å². The molecule has 0 aromatic carbocycles. The van der Waals surface area contributed by atoms with Crippen LogP contribution in [0.5, 0.6) is 0 Å². The number of nitrogens with zero attached hydrogens (tertiary/aromatic N) is 1. The van der Waals surface area contributed by atoms with Crippen LogP contribution in [-0.2, 0) is 4.79 Å². The van der Waals surface area contributed by atoms with Gasteiger partial charge in [0.15, 0.2) is 0 Å². The molecule has 2 fully saturated rings. The first-order chi connectivity index (χ1) is 8.19. The fourth-order valence-electron chi connectivity index (χ4n) is 3.68. The van der Waals surface area contributed by atoms with Crippen molar-refractivity contribution in [3.05, 3.63) is 0 Å². The van der Waals surface area contributed by atoms with Gasteiger partial charge in [0, 0.05) is 6.54 Å². The summed E-state index contributed by atoms with van der Waals surface area (Å²) in [4.78, 5) is 13.8. The minimum absolute atomic E-state index is 0.544. The molecule has 1 aliphatic carbocycles. The zero-order chi connectivity index (χ0) is 12.3. The monoisotopic (exact) mass is 239 g/mol. The third-order valence-electron chi connectivity index (χ3n) is 4.81. The fourth-order valence-corrected chi connectivity index (χ4v) is 3.68. The second kappa shape index (κ2) is 5.38. The standard InChI is InChI=1S/C14H25NO2/c1-2-14(13(16)17)9-6-10-15(14)11-12-7-4-3-5-8-12/h12H,2-11H2,1H3,(H,16,17). The minimum atomic E-state index is -0.603. The van der Waals surface area contributed by atoms with Gasteiger partial charge < -0.3 is 5.11 Å². The highest BCUT2D eigenvalue weighted by Gasteiger charge is 2.46. The zero-order valence-electron chi connectivity index (χ0n) is 11.0. The number of carboxylic acid groups (broad SMARTS) is 1. The Labute approximate surface area is 104 Å². The van der Waals surface area contributed by atoms with E-state index in [1.807, 2.05) is 6.92 Å². The topological polar surface area (TPSA) is 40.5 Å². The summed E-state index contributed by atoms with van der Waals surface area (Å²) >= 11 is 0. The van der Waals surface area contributed by atoms with E-state index in [1.165, 1.54) is 32.1 Å². The molecule has 0 aromatic heterocycles. The van der Waals surface area contributed by atoms with Crippen molar-refractivity contribution >= 4 is 5.97 Å². The smallest absolute Gasteiger partial charge is 0.324 e. The maximum absolute atomic E-state index is 11.6. The molecule has 3 nitrogen and oxygen atoms in total. The first kappa shape index (κ1) is 12.9. The van der Waals surface area contributed by atoms with Gasteiger partial charge in [0.2, 0.25) is 0 Å². The Morgan fingerprint density at radius 3 is 2.59 bits per heavy atom. The Morgan fingerprint density at radius 2 is 2.00 bits per heavy atom. The van der Waals surface area contributed by atoms with Crippen LogP contribution in [0.3, 0.4) is 0 Å². The van der Waals surface area contributed by atoms with E-state index in [-0.39, 0.29) is 0 Å². The molecule has 3 heteroatoms. The van der Waals surface area contributed by atoms with E-state index >= 15 is 0 Å². The number of carbonyl (C=O) groups is 1. The molecule has 17 heavy (non-hydrogen) atoms. The number of carboxylic acids is 1. The fraction of sp³-hybridized carbons (Fsp3) is 0.929. The van der Waals surface area contributed by atoms with E-state index in [1.54, 1.807) is 0 Å². The van der Waals surface area contributed by atoms with Crippen molar-refractivity contribution in [1.29, 1.82) is 0 Å². The van der Waals surface area contributed by atoms with Gasteiger partial charge >= 0.3 is 5.97 Å². The summed E-state index contributed by atoms with van der Waals surface area (Å²) in [5.74, 6) is 0.139. The van der Waals surface area contributed by atoms with Crippen molar-refractivity contribution in [1.82, 2.24) is 4.90 Å². The third kappa shape index (κ3) is 2.49. The third-order valence-corrected chi connectivity index (χ3v) is 4.81. The second-order valence-corrected chi connectivity index (χ2v) is 5.74. The minimum Gasteiger partial charge on any atom is -0.480 e. The Hall–Kier alpha value is -0.570. The molecule has 1 saturated carbocycles. The molecule has 0 bridgehead atoms. The molecule has 1 N–H and O–H groups in total. The SMILES string of the molecule is CCC1(C(=O)O)CCCN1CC1CCCCC1. The molecule has 0 amide bonds. The number of hydrogen-bond acceptors (Lipinski definition) is 2. The quantitative estimate of drug-likeness (QED) is 0.820. The molecule has 1 unspecified atom stereocenters. The zero-order valence-corrected chi connectivity index (χ0v) is 11.0. The normalized spacial score (nSPS) is 31.8. The highest BCUT2D eigenvalue weighted by molar-refractivity contribution is 5.79. The average Bonchev–Trinajstić information content (AvgIpc) is 2.74. The lowest BCUT2D eigenvalue weighted by molar-refractivity contribution is -0.150. The van der Waals surface area contributed by atoms with Crippen LogP contribution >= 0.6 is 0 Å². The molecule has 98 valence electrons. The van der Waals surface area contributed by atoms with Crippen molar-refractivity contribution in [2.75, 3.05) is 13.1 Å². The van der Waals surface area contributed by atoms with E-state index in [9.17, 15) is 9.90 Å². The molecule has 1 heterocycles. The van der Waals surface area contributed by atoms with E-state index in [0.29, 0.717) is 0 Å². The number of hydrogen-bond donors (Lipinski definition) is 1. The maximum atomic E-state index is 11.6. The summed E-state index contributed by atoms with van der Waals surface area (Å²) in [6.45, 7) is 4.02. The highest BCUT2D eigenvalue weighted by Crippen LogP contribution is 2.35. The molecule has 0 radical (unpaired) electrons. The van der Waals surface area contributed by atoms with E-state index in [4.69, 9.17) is 0 Å². The molecular formula is C14H25NO2. The molecule has 2 rings (SSSR count). The van der Waals surface area contributed by atoms with Crippen LogP contribution in [0.4, 0.5) is 0 Å². The molecule has 2 aliphatic rings. The van der Waals surface area contributed by atoms with Crippen LogP contribution in [0.25, 0.3) is 0 Å². The molecule has 1 saturated heterocycles. The van der Waals surface area contributed by atoms with E-state index < -0.39 is 11.5 Å². The maximum Gasteiger partial charge on any atom is 0.324 e. The summed E-state index contributed by atoms with van der Waals surface area (Å²) in [7, 11) is 0. The predicted octanol–water partition coefficient (Wildman–Crippen LogP) is 2.90. The largest absolute Gasteiger partial charge is 0.480 e. The summed E-state index contributed by atoms with van der Waals surface area (Å²) in [6.07, 6.45) is 9.28. The Bertz CT molecular complexity index is 273. The average molecular weight is 239 g/mol. The number of aliphatic carboxylic acids is 1. The summed E-state index contributed by atoms with van der Waals surface area (Å²) < 4.78 is 0. The van der Waals surface area contributed by atoms with Gasteiger partial charge in [-0.25, -0.2) is 0 Å². The van der Waals surface area contributed by atoms with Crippen LogP contribution in [0, 0.1) is 5.92 Å². The lowest BCUT2D eigenvalue weighted by atomic mass is 9.87. The van der Waals surface area contributed by atoms with Gasteiger partial charge in [-0.3, -0.25) is 9.69 Å². The van der Waals surface area contributed by atoms with Gasteiger partial charge in [-0.15, -0.1) is 0 Å². The molecule has 0 aromatic rings. The van der Waals surface area contributed by atoms with Crippen molar-refractivity contribution in [3.8, 4) is 0 Å². The van der Waals surface area contributed by atoms with Crippen LogP contribution < -0.4 is 0 Å². The van der Waals surface area contributed by atoms with Gasteiger partial charge in [0.1, 0.15) is 5.54 Å². The van der Waals surface area contributed by atoms with Gasteiger partial charge in [0.25, 0.3) is 0 Å². The summed E-state index contributed by atoms with van der Waals surface area (Å²) in [5, 5.41) is 9.52. The van der Waals surface area contributed by atoms with Crippen molar-refractivity contribution in [2.45, 2.75) is 63.8 Å². The van der Waals surface area contributed by atoms with Crippen molar-refractivity contribution in [3.63, 3.8) is 0 Å². The molecule has 0 spiro atoms. The molecule has 1 aliphatic heterocycles. The van der Waals surface area contributed by atoms with Gasteiger partial charge in [-0.1, -0.05) is 26.2 Å². The van der Waals surface area contributed by atoms with E-state index in [0.717, 1.165) is 38.3 Å². The lowest BCUT2D eigenvalue weighted by Crippen LogP contribution is -2.51. The van der Waals surface area contributed by atoms with Crippen molar-refractivity contribution in [2.24, 2.45) is 5.92 Å². The lowest BCUT2D eigenvalue weighted by Gasteiger charge is -2.37. The van der Waals surface area contributed by atoms with Crippen LogP contribution in [0.1, 0.15) is 58.3 Å².